The summed E-state index contributed by atoms with van der Waals surface area (Å²) in [5, 5.41) is 5.28. The molecule has 0 saturated heterocycles. The van der Waals surface area contributed by atoms with E-state index >= 15 is 0 Å². The second kappa shape index (κ2) is 6.94. The maximum Gasteiger partial charge on any atom is 0.251 e. The first-order chi connectivity index (χ1) is 10.1. The fourth-order valence-electron chi connectivity index (χ4n) is 2.21. The number of hydrogen-bond donors (Lipinski definition) is 1. The van der Waals surface area contributed by atoms with E-state index in [0.29, 0.717) is 12.5 Å². The van der Waals surface area contributed by atoms with Crippen LogP contribution in [0.1, 0.15) is 16.0 Å². The standard InChI is InChI=1S/C16H17N3OS.ClH/c1-11-5-6-13(8-12(11)2)18-16-17-9-15(20)19(16)10-14-4-3-7-21-14;/h3-8H,9-10H2,1-2H3,(H,17,18);1H. The molecule has 4 nitrogen and oxygen atoms in total. The Balaban J connectivity index is 0.00000176. The van der Waals surface area contributed by atoms with Crippen LogP contribution in [0.2, 0.25) is 0 Å². The van der Waals surface area contributed by atoms with E-state index < -0.39 is 0 Å². The number of guanidine groups is 1. The zero-order valence-corrected chi connectivity index (χ0v) is 14.1. The fraction of sp³-hybridized carbons (Fsp3) is 0.250. The normalized spacial score (nSPS) is 13.8. The van der Waals surface area contributed by atoms with Crippen LogP contribution in [0.5, 0.6) is 0 Å². The summed E-state index contributed by atoms with van der Waals surface area (Å²) in [6.45, 7) is 4.95. The zero-order chi connectivity index (χ0) is 14.8. The van der Waals surface area contributed by atoms with Gasteiger partial charge in [-0.25, -0.2) is 4.99 Å². The first kappa shape index (κ1) is 16.5. The molecular weight excluding hydrogens is 318 g/mol. The van der Waals surface area contributed by atoms with Crippen LogP contribution in [0.4, 0.5) is 5.69 Å². The van der Waals surface area contributed by atoms with Gasteiger partial charge in [-0.1, -0.05) is 12.1 Å². The van der Waals surface area contributed by atoms with E-state index in [1.54, 1.807) is 16.2 Å². The molecule has 2 aromatic rings. The number of benzene rings is 1. The molecule has 0 saturated carbocycles. The lowest BCUT2D eigenvalue weighted by molar-refractivity contribution is -0.125. The van der Waals surface area contributed by atoms with Crippen LogP contribution in [0.3, 0.4) is 0 Å². The number of aryl methyl sites for hydroxylation is 2. The average Bonchev–Trinajstić information content (AvgIpc) is 3.08. The van der Waals surface area contributed by atoms with Crippen molar-refractivity contribution in [2.45, 2.75) is 20.4 Å². The van der Waals surface area contributed by atoms with Gasteiger partial charge in [0, 0.05) is 10.6 Å². The van der Waals surface area contributed by atoms with Gasteiger partial charge >= 0.3 is 0 Å². The highest BCUT2D eigenvalue weighted by molar-refractivity contribution is 7.09. The van der Waals surface area contributed by atoms with E-state index in [4.69, 9.17) is 0 Å². The van der Waals surface area contributed by atoms with E-state index in [2.05, 4.69) is 36.3 Å². The predicted octanol–water partition coefficient (Wildman–Crippen LogP) is 3.60. The van der Waals surface area contributed by atoms with Gasteiger partial charge < -0.3 is 5.32 Å². The Labute approximate surface area is 140 Å². The molecule has 3 rings (SSSR count). The molecule has 6 heteroatoms. The molecule has 0 bridgehead atoms. The van der Waals surface area contributed by atoms with Crippen LogP contribution in [-0.2, 0) is 11.3 Å². The van der Waals surface area contributed by atoms with Gasteiger partial charge in [-0.3, -0.25) is 9.69 Å². The molecule has 2 heterocycles. The summed E-state index contributed by atoms with van der Waals surface area (Å²) in [6.07, 6.45) is 0. The lowest BCUT2D eigenvalue weighted by Gasteiger charge is -2.19. The Morgan fingerprint density at radius 1 is 1.27 bits per heavy atom. The molecule has 0 aliphatic carbocycles. The van der Waals surface area contributed by atoms with Crippen molar-refractivity contribution in [3.8, 4) is 0 Å². The Hall–Kier alpha value is -1.85. The maximum absolute atomic E-state index is 12.0. The summed E-state index contributed by atoms with van der Waals surface area (Å²) in [6, 6.07) is 10.2. The number of anilines is 1. The summed E-state index contributed by atoms with van der Waals surface area (Å²) in [5.74, 6) is 0.673. The van der Waals surface area contributed by atoms with E-state index in [9.17, 15) is 4.79 Å². The largest absolute Gasteiger partial charge is 0.326 e. The van der Waals surface area contributed by atoms with Gasteiger partial charge in [0.25, 0.3) is 5.91 Å². The molecular formula is C16H18ClN3OS. The lowest BCUT2D eigenvalue weighted by atomic mass is 10.1. The van der Waals surface area contributed by atoms with Crippen molar-refractivity contribution in [2.24, 2.45) is 4.99 Å². The van der Waals surface area contributed by atoms with Crippen molar-refractivity contribution in [1.29, 1.82) is 0 Å². The third-order valence-corrected chi connectivity index (χ3v) is 4.44. The number of aliphatic imine (C=N–C) groups is 1. The summed E-state index contributed by atoms with van der Waals surface area (Å²) < 4.78 is 0. The van der Waals surface area contributed by atoms with Gasteiger partial charge in [0.2, 0.25) is 5.96 Å². The Bertz CT molecular complexity index is 697. The SMILES string of the molecule is Cc1ccc(NC2=NCC(=O)N2Cc2cccs2)cc1C.Cl. The predicted molar refractivity (Wildman–Crippen MR) is 94.0 cm³/mol. The number of nitrogens with zero attached hydrogens (tertiary/aromatic N) is 2. The smallest absolute Gasteiger partial charge is 0.251 e. The third kappa shape index (κ3) is 3.48. The Morgan fingerprint density at radius 2 is 2.09 bits per heavy atom. The molecule has 1 aromatic heterocycles. The van der Waals surface area contributed by atoms with Gasteiger partial charge in [-0.15, -0.1) is 23.7 Å². The molecule has 0 spiro atoms. The van der Waals surface area contributed by atoms with Gasteiger partial charge in [-0.2, -0.15) is 0 Å². The molecule has 0 atom stereocenters. The number of nitrogens with one attached hydrogen (secondary N) is 1. The Kier molecular flexibility index (Phi) is 5.21. The van der Waals surface area contributed by atoms with Crippen LogP contribution >= 0.6 is 23.7 Å². The third-order valence-electron chi connectivity index (χ3n) is 3.58. The second-order valence-electron chi connectivity index (χ2n) is 5.12. The number of halogens is 1. The van der Waals surface area contributed by atoms with Crippen molar-refractivity contribution in [3.05, 3.63) is 51.7 Å². The minimum atomic E-state index is 0. The molecule has 1 aromatic carbocycles. The molecule has 1 N–H and O–H groups in total. The molecule has 1 amide bonds. The number of carbonyl (C=O) groups excluding carboxylic acids is 1. The maximum atomic E-state index is 12.0. The minimum absolute atomic E-state index is 0. The quantitative estimate of drug-likeness (QED) is 0.931. The molecule has 0 unspecified atom stereocenters. The number of thiophene rings is 1. The molecule has 116 valence electrons. The highest BCUT2D eigenvalue weighted by atomic mass is 35.5. The average molecular weight is 336 g/mol. The zero-order valence-electron chi connectivity index (χ0n) is 12.5. The van der Waals surface area contributed by atoms with Crippen LogP contribution in [-0.4, -0.2) is 23.3 Å². The number of hydrogen-bond acceptors (Lipinski definition) is 4. The van der Waals surface area contributed by atoms with Crippen LogP contribution in [0, 0.1) is 13.8 Å². The van der Waals surface area contributed by atoms with Gasteiger partial charge in [-0.05, 0) is 48.6 Å². The van der Waals surface area contributed by atoms with E-state index in [1.807, 2.05) is 23.6 Å². The van der Waals surface area contributed by atoms with Crippen molar-refractivity contribution in [3.63, 3.8) is 0 Å². The summed E-state index contributed by atoms with van der Waals surface area (Å²) in [4.78, 5) is 19.2. The van der Waals surface area contributed by atoms with Crippen LogP contribution < -0.4 is 5.32 Å². The summed E-state index contributed by atoms with van der Waals surface area (Å²) >= 11 is 1.65. The van der Waals surface area contributed by atoms with Crippen LogP contribution in [0.15, 0.2) is 40.7 Å². The molecule has 0 fully saturated rings. The number of rotatable bonds is 3. The number of carbonyl (C=O) groups is 1. The molecule has 22 heavy (non-hydrogen) atoms. The molecule has 1 aliphatic heterocycles. The first-order valence-corrected chi connectivity index (χ1v) is 7.73. The highest BCUT2D eigenvalue weighted by Crippen LogP contribution is 2.18. The topological polar surface area (TPSA) is 44.7 Å². The summed E-state index contributed by atoms with van der Waals surface area (Å²) in [5.41, 5.74) is 3.43. The minimum Gasteiger partial charge on any atom is -0.326 e. The molecule has 0 radical (unpaired) electrons. The van der Waals surface area contributed by atoms with E-state index in [0.717, 1.165) is 10.6 Å². The number of amides is 1. The highest BCUT2D eigenvalue weighted by Gasteiger charge is 2.25. The van der Waals surface area contributed by atoms with Gasteiger partial charge in [0.05, 0.1) is 6.54 Å². The summed E-state index contributed by atoms with van der Waals surface area (Å²) in [7, 11) is 0. The molecule has 1 aliphatic rings. The van der Waals surface area contributed by atoms with E-state index in [-0.39, 0.29) is 24.9 Å². The van der Waals surface area contributed by atoms with E-state index in [1.165, 1.54) is 11.1 Å². The Morgan fingerprint density at radius 3 is 2.77 bits per heavy atom. The van der Waals surface area contributed by atoms with Gasteiger partial charge in [0.15, 0.2) is 0 Å². The fourth-order valence-corrected chi connectivity index (χ4v) is 2.90. The monoisotopic (exact) mass is 335 g/mol. The first-order valence-electron chi connectivity index (χ1n) is 6.85. The van der Waals surface area contributed by atoms with Crippen molar-refractivity contribution >= 4 is 41.3 Å². The van der Waals surface area contributed by atoms with Gasteiger partial charge in [0.1, 0.15) is 6.54 Å². The van der Waals surface area contributed by atoms with Crippen molar-refractivity contribution < 1.29 is 4.79 Å². The lowest BCUT2D eigenvalue weighted by Crippen LogP contribution is -2.36. The van der Waals surface area contributed by atoms with Crippen LogP contribution in [0.25, 0.3) is 0 Å². The second-order valence-corrected chi connectivity index (χ2v) is 6.16. The van der Waals surface area contributed by atoms with Crippen molar-refractivity contribution in [1.82, 2.24) is 4.90 Å². The van der Waals surface area contributed by atoms with Crippen molar-refractivity contribution in [2.75, 3.05) is 11.9 Å².